The van der Waals surface area contributed by atoms with E-state index in [0.29, 0.717) is 12.2 Å². The maximum Gasteiger partial charge on any atom is 0.326 e. The third-order valence-corrected chi connectivity index (χ3v) is 5.86. The third-order valence-electron chi connectivity index (χ3n) is 5.21. The molecule has 0 aliphatic carbocycles. The minimum atomic E-state index is -1.66. The predicted octanol–water partition coefficient (Wildman–Crippen LogP) is 0.369. The van der Waals surface area contributed by atoms with Gasteiger partial charge in [-0.25, -0.2) is 4.79 Å². The summed E-state index contributed by atoms with van der Waals surface area (Å²) >= 11 is 1.41. The third kappa shape index (κ3) is 11.5. The Morgan fingerprint density at radius 3 is 1.97 bits per heavy atom. The van der Waals surface area contributed by atoms with Crippen LogP contribution in [0.2, 0.25) is 0 Å². The Morgan fingerprint density at radius 2 is 1.44 bits per heavy atom. The quantitative estimate of drug-likeness (QED) is 0.177. The molecule has 0 radical (unpaired) electrons. The molecule has 0 bridgehead atoms. The second-order valence-corrected chi connectivity index (χ2v) is 9.81. The highest BCUT2D eigenvalue weighted by Gasteiger charge is 2.31. The van der Waals surface area contributed by atoms with E-state index in [1.54, 1.807) is 30.5 Å². The molecule has 1 aromatic rings. The number of benzene rings is 1. The van der Waals surface area contributed by atoms with Crippen molar-refractivity contribution in [1.29, 1.82) is 0 Å². The molecular weight excluding hydrogens is 488 g/mol. The van der Waals surface area contributed by atoms with Gasteiger partial charge < -0.3 is 31.9 Å². The fourth-order valence-corrected chi connectivity index (χ4v) is 3.85. The lowest BCUT2D eigenvalue weighted by atomic mass is 10.0. The van der Waals surface area contributed by atoms with E-state index in [9.17, 15) is 29.1 Å². The van der Waals surface area contributed by atoms with Crippen LogP contribution in [-0.2, 0) is 30.4 Å². The van der Waals surface area contributed by atoms with E-state index in [4.69, 9.17) is 10.8 Å². The second-order valence-electron chi connectivity index (χ2n) is 8.83. The molecule has 0 fully saturated rings. The van der Waals surface area contributed by atoms with Gasteiger partial charge in [-0.15, -0.1) is 0 Å². The summed E-state index contributed by atoms with van der Waals surface area (Å²) in [7, 11) is 0. The van der Waals surface area contributed by atoms with Gasteiger partial charge in [0.25, 0.3) is 0 Å². The molecule has 0 aromatic heterocycles. The molecule has 11 nitrogen and oxygen atoms in total. The molecule has 36 heavy (non-hydrogen) atoms. The van der Waals surface area contributed by atoms with Crippen molar-refractivity contribution in [3.8, 4) is 0 Å². The largest absolute Gasteiger partial charge is 0.481 e. The topological polar surface area (TPSA) is 188 Å². The van der Waals surface area contributed by atoms with Gasteiger partial charge in [-0.2, -0.15) is 11.8 Å². The predicted molar refractivity (Wildman–Crippen MR) is 136 cm³/mol. The van der Waals surface area contributed by atoms with Crippen LogP contribution in [0.15, 0.2) is 30.3 Å². The van der Waals surface area contributed by atoms with Crippen LogP contribution >= 0.6 is 11.8 Å². The van der Waals surface area contributed by atoms with Gasteiger partial charge in [0, 0.05) is 6.42 Å². The zero-order valence-electron chi connectivity index (χ0n) is 20.7. The van der Waals surface area contributed by atoms with E-state index in [1.165, 1.54) is 11.8 Å². The Bertz CT molecular complexity index is 898. The first-order valence-corrected chi connectivity index (χ1v) is 13.0. The van der Waals surface area contributed by atoms with Crippen molar-refractivity contribution in [2.45, 2.75) is 63.7 Å². The second kappa shape index (κ2) is 15.8. The van der Waals surface area contributed by atoms with Gasteiger partial charge in [0.1, 0.15) is 18.1 Å². The Balaban J connectivity index is 3.08. The van der Waals surface area contributed by atoms with Crippen molar-refractivity contribution in [3.05, 3.63) is 35.9 Å². The number of nitrogens with one attached hydrogen (secondary N) is 3. The van der Waals surface area contributed by atoms with Crippen LogP contribution in [0.25, 0.3) is 0 Å². The molecule has 7 N–H and O–H groups in total. The lowest BCUT2D eigenvalue weighted by Crippen LogP contribution is -2.58. The van der Waals surface area contributed by atoms with E-state index in [2.05, 4.69) is 16.0 Å². The molecule has 0 aliphatic heterocycles. The molecule has 4 unspecified atom stereocenters. The van der Waals surface area contributed by atoms with Crippen LogP contribution < -0.4 is 21.7 Å². The van der Waals surface area contributed by atoms with Crippen LogP contribution in [0.4, 0.5) is 0 Å². The maximum absolute atomic E-state index is 13.2. The number of hydrogen-bond donors (Lipinski definition) is 6. The van der Waals surface area contributed by atoms with Crippen molar-refractivity contribution in [1.82, 2.24) is 16.0 Å². The van der Waals surface area contributed by atoms with Crippen LogP contribution in [0.5, 0.6) is 0 Å². The lowest BCUT2D eigenvalue weighted by molar-refractivity contribution is -0.147. The number of amides is 3. The summed E-state index contributed by atoms with van der Waals surface area (Å²) < 4.78 is 0. The lowest BCUT2D eigenvalue weighted by Gasteiger charge is -2.25. The molecule has 1 aromatic carbocycles. The van der Waals surface area contributed by atoms with Gasteiger partial charge in [0.2, 0.25) is 17.7 Å². The molecule has 0 heterocycles. The van der Waals surface area contributed by atoms with Gasteiger partial charge in [0.15, 0.2) is 0 Å². The van der Waals surface area contributed by atoms with E-state index in [1.807, 2.05) is 19.9 Å². The summed E-state index contributed by atoms with van der Waals surface area (Å²) in [4.78, 5) is 61.1. The van der Waals surface area contributed by atoms with Crippen molar-refractivity contribution in [3.63, 3.8) is 0 Å². The Labute approximate surface area is 215 Å². The fourth-order valence-electron chi connectivity index (χ4n) is 3.38. The van der Waals surface area contributed by atoms with Gasteiger partial charge >= 0.3 is 11.9 Å². The van der Waals surface area contributed by atoms with Crippen molar-refractivity contribution in [2.75, 3.05) is 12.0 Å². The minimum absolute atomic E-state index is 0.139. The van der Waals surface area contributed by atoms with Gasteiger partial charge in [-0.3, -0.25) is 19.2 Å². The first-order chi connectivity index (χ1) is 16.9. The van der Waals surface area contributed by atoms with Crippen LogP contribution in [0.3, 0.4) is 0 Å². The average molecular weight is 525 g/mol. The highest BCUT2D eigenvalue weighted by Crippen LogP contribution is 2.08. The average Bonchev–Trinajstić information content (AvgIpc) is 2.80. The van der Waals surface area contributed by atoms with Gasteiger partial charge in [-0.1, -0.05) is 44.2 Å². The number of aliphatic carboxylic acids is 2. The molecule has 0 aliphatic rings. The van der Waals surface area contributed by atoms with Crippen LogP contribution in [-0.4, -0.2) is 76.0 Å². The molecule has 4 atom stereocenters. The molecule has 0 spiro atoms. The minimum Gasteiger partial charge on any atom is -0.481 e. The highest BCUT2D eigenvalue weighted by molar-refractivity contribution is 7.98. The summed E-state index contributed by atoms with van der Waals surface area (Å²) in [5.74, 6) is -4.24. The number of carbonyl (C=O) groups excluding carboxylic acids is 3. The van der Waals surface area contributed by atoms with Crippen molar-refractivity contribution in [2.24, 2.45) is 11.7 Å². The first-order valence-electron chi connectivity index (χ1n) is 11.6. The summed E-state index contributed by atoms with van der Waals surface area (Å²) in [6.07, 6.45) is 1.71. The Kier molecular flexibility index (Phi) is 13.6. The Hall–Kier alpha value is -3.12. The first kappa shape index (κ1) is 30.9. The number of carboxylic acid groups (broad SMARTS) is 2. The van der Waals surface area contributed by atoms with Gasteiger partial charge in [0.05, 0.1) is 12.5 Å². The maximum atomic E-state index is 13.2. The molecule has 0 saturated carbocycles. The van der Waals surface area contributed by atoms with E-state index in [0.717, 1.165) is 5.56 Å². The molecule has 1 rings (SSSR count). The monoisotopic (exact) mass is 524 g/mol. The smallest absolute Gasteiger partial charge is 0.326 e. The molecule has 3 amide bonds. The number of carboxylic acids is 2. The van der Waals surface area contributed by atoms with Crippen LogP contribution in [0, 0.1) is 5.92 Å². The standard InChI is InChI=1S/C24H36N4O7S/c1-14(2)11-16(25)21(31)27-18(12-15-7-5-4-6-8-15)23(33)26-17(9-10-36-3)22(32)28-19(24(34)35)13-20(29)30/h4-8,14,16-19H,9-13,25H2,1-3H3,(H,26,33)(H,27,31)(H,28,32)(H,29,30)(H,34,35). The normalized spacial score (nSPS) is 14.2. The number of hydrogen-bond acceptors (Lipinski definition) is 7. The molecule has 12 heteroatoms. The summed E-state index contributed by atoms with van der Waals surface area (Å²) in [5, 5.41) is 25.6. The van der Waals surface area contributed by atoms with Crippen molar-refractivity contribution >= 4 is 41.4 Å². The SMILES string of the molecule is CSCCC(NC(=O)C(Cc1ccccc1)NC(=O)C(N)CC(C)C)C(=O)NC(CC(=O)O)C(=O)O. The molecular formula is C24H36N4O7S. The zero-order valence-corrected chi connectivity index (χ0v) is 21.5. The van der Waals surface area contributed by atoms with Crippen LogP contribution in [0.1, 0.15) is 38.7 Å². The van der Waals surface area contributed by atoms with E-state index < -0.39 is 60.2 Å². The Morgan fingerprint density at radius 1 is 0.889 bits per heavy atom. The zero-order chi connectivity index (χ0) is 27.3. The number of rotatable bonds is 16. The fraction of sp³-hybridized carbons (Fsp3) is 0.542. The number of thioether (sulfide) groups is 1. The number of carbonyl (C=O) groups is 5. The van der Waals surface area contributed by atoms with E-state index >= 15 is 0 Å². The highest BCUT2D eigenvalue weighted by atomic mass is 32.2. The molecule has 0 saturated heterocycles. The number of nitrogens with two attached hydrogens (primary N) is 1. The van der Waals surface area contributed by atoms with Gasteiger partial charge in [-0.05, 0) is 36.3 Å². The summed E-state index contributed by atoms with van der Waals surface area (Å²) in [6.45, 7) is 3.84. The van der Waals surface area contributed by atoms with Crippen molar-refractivity contribution < 1.29 is 34.2 Å². The van der Waals surface area contributed by atoms with E-state index in [-0.39, 0.29) is 18.8 Å². The summed E-state index contributed by atoms with van der Waals surface area (Å²) in [6, 6.07) is 4.33. The summed E-state index contributed by atoms with van der Waals surface area (Å²) in [5.41, 5.74) is 6.76. The molecule has 200 valence electrons.